The van der Waals surface area contributed by atoms with Gasteiger partial charge < -0.3 is 65.1 Å². The number of aliphatic hydroxyl groups is 8. The van der Waals surface area contributed by atoms with E-state index < -0.39 is 86.8 Å². The Morgan fingerprint density at radius 3 is 1.22 bits per heavy atom. The van der Waals surface area contributed by atoms with E-state index in [0.29, 0.717) is 12.8 Å². The van der Waals surface area contributed by atoms with Crippen LogP contribution in [-0.4, -0.2) is 140 Å². The van der Waals surface area contributed by atoms with Crippen molar-refractivity contribution in [1.29, 1.82) is 0 Å². The molecule has 1 amide bonds. The van der Waals surface area contributed by atoms with E-state index in [-0.39, 0.29) is 18.9 Å². The number of carbonyl (C=O) groups is 1. The third kappa shape index (κ3) is 43.0. The van der Waals surface area contributed by atoms with E-state index in [9.17, 15) is 45.6 Å². The SMILES string of the molecule is CC/C=C\C/C=C\C/C=C\C/C=C\C/C=C\CCCCCCCCCCCCCC(=O)NC(COC1OC(CO)C(OC2OC(CO)C(O)C(O)C2O)C(O)C1O)C(O)/C=C/CC/C=C/CC/C=C/CCCCCCCCCCCCCCCCCCCCC. The van der Waals surface area contributed by atoms with Crippen molar-refractivity contribution in [2.75, 3.05) is 19.8 Å². The standard InChI is InChI=1S/C76H133NO13/c1-3-5-7-9-11-13-15-17-19-21-23-25-27-29-31-32-34-35-37-39-41-43-45-47-49-51-53-55-57-59-65(80)64(63-87-75-73(86)71(84)74(67(62-79)89-75)90-76-72(85)70(83)69(82)66(61-78)88-76)77-68(81)60-58-56-54-52-50-48-46-44-42-40-38-36-33-30-28-26-24-22-20-18-16-14-12-10-8-6-4-2/h6,8,12,14,18,20,24,26,30,33,41,43,49,51,57,59,64-67,69-76,78-80,82-86H,3-5,7,9-11,13,15-17,19,21-23,25,27-29,31-32,34-40,42,44-48,50,52-56,58,60-63H2,1-2H3,(H,77,81)/b8-6-,14-12-,20-18-,26-24-,33-30-,43-41+,51-49+,59-57+. The Kier molecular flexibility index (Phi) is 55.0. The summed E-state index contributed by atoms with van der Waals surface area (Å²) in [4.78, 5) is 13.3. The van der Waals surface area contributed by atoms with Gasteiger partial charge in [-0.2, -0.15) is 0 Å². The lowest BCUT2D eigenvalue weighted by atomic mass is 9.97. The molecule has 0 radical (unpaired) electrons. The number of hydrogen-bond acceptors (Lipinski definition) is 13. The molecule has 14 heteroatoms. The summed E-state index contributed by atoms with van der Waals surface area (Å²) in [7, 11) is 0. The van der Waals surface area contributed by atoms with Crippen molar-refractivity contribution >= 4 is 5.91 Å². The topological polar surface area (TPSA) is 228 Å². The lowest BCUT2D eigenvalue weighted by Gasteiger charge is -2.46. The Bertz CT molecular complexity index is 1880. The molecule has 14 nitrogen and oxygen atoms in total. The number of unbranched alkanes of at least 4 members (excludes halogenated alkanes) is 32. The lowest BCUT2D eigenvalue weighted by molar-refractivity contribution is -0.359. The maximum Gasteiger partial charge on any atom is 0.220 e. The second kappa shape index (κ2) is 59.6. The summed E-state index contributed by atoms with van der Waals surface area (Å²) in [6, 6.07) is -0.948. The van der Waals surface area contributed by atoms with Crippen LogP contribution in [0.4, 0.5) is 0 Å². The van der Waals surface area contributed by atoms with Crippen molar-refractivity contribution in [1.82, 2.24) is 5.32 Å². The second-order valence-electron chi connectivity index (χ2n) is 25.3. The predicted octanol–water partition coefficient (Wildman–Crippen LogP) is 15.3. The van der Waals surface area contributed by atoms with Crippen molar-refractivity contribution in [3.05, 3.63) is 97.2 Å². The van der Waals surface area contributed by atoms with Crippen molar-refractivity contribution in [3.63, 3.8) is 0 Å². The van der Waals surface area contributed by atoms with Crippen LogP contribution in [0.15, 0.2) is 97.2 Å². The Morgan fingerprint density at radius 2 is 0.778 bits per heavy atom. The van der Waals surface area contributed by atoms with E-state index in [0.717, 1.165) is 83.5 Å². The van der Waals surface area contributed by atoms with Gasteiger partial charge in [0.15, 0.2) is 12.6 Å². The first-order valence-electron chi connectivity index (χ1n) is 36.5. The normalized spacial score (nSPS) is 23.5. The van der Waals surface area contributed by atoms with Crippen LogP contribution < -0.4 is 5.32 Å². The van der Waals surface area contributed by atoms with Crippen LogP contribution >= 0.6 is 0 Å². The lowest BCUT2D eigenvalue weighted by Crippen LogP contribution is -2.65. The number of rotatable bonds is 59. The minimum absolute atomic E-state index is 0.258. The van der Waals surface area contributed by atoms with Crippen molar-refractivity contribution in [2.24, 2.45) is 0 Å². The molecule has 0 saturated carbocycles. The molecule has 2 rings (SSSR count). The van der Waals surface area contributed by atoms with Gasteiger partial charge in [0, 0.05) is 6.42 Å². The fourth-order valence-electron chi connectivity index (χ4n) is 11.5. The number of carbonyl (C=O) groups excluding carboxylic acids is 1. The Balaban J connectivity index is 1.70. The zero-order valence-electron chi connectivity index (χ0n) is 56.6. The highest BCUT2D eigenvalue weighted by atomic mass is 16.7. The highest BCUT2D eigenvalue weighted by molar-refractivity contribution is 5.76. The number of nitrogens with one attached hydrogen (secondary N) is 1. The van der Waals surface area contributed by atoms with Gasteiger partial charge in [-0.3, -0.25) is 4.79 Å². The fraction of sp³-hybridized carbons (Fsp3) is 0.776. The van der Waals surface area contributed by atoms with Gasteiger partial charge in [-0.25, -0.2) is 0 Å². The second-order valence-corrected chi connectivity index (χ2v) is 25.3. The molecule has 9 N–H and O–H groups in total. The van der Waals surface area contributed by atoms with Crippen LogP contribution in [0.3, 0.4) is 0 Å². The molecule has 12 atom stereocenters. The molecule has 0 spiro atoms. The Hall–Kier alpha value is -3.09. The first-order valence-corrected chi connectivity index (χ1v) is 36.5. The monoisotopic (exact) mass is 1270 g/mol. The quantitative estimate of drug-likeness (QED) is 0.0204. The molecule has 90 heavy (non-hydrogen) atoms. The molecule has 0 aromatic carbocycles. The molecule has 0 aromatic heterocycles. The van der Waals surface area contributed by atoms with Crippen LogP contribution in [-0.2, 0) is 23.7 Å². The van der Waals surface area contributed by atoms with Gasteiger partial charge in [0.05, 0.1) is 32.0 Å². The van der Waals surface area contributed by atoms with Gasteiger partial charge in [0.2, 0.25) is 5.91 Å². The van der Waals surface area contributed by atoms with Crippen molar-refractivity contribution < 1.29 is 64.6 Å². The van der Waals surface area contributed by atoms with E-state index in [1.165, 1.54) is 167 Å². The summed E-state index contributed by atoms with van der Waals surface area (Å²) in [5.74, 6) is -0.258. The average molecular weight is 1270 g/mol. The van der Waals surface area contributed by atoms with E-state index in [1.54, 1.807) is 6.08 Å². The molecule has 2 aliphatic heterocycles. The molecule has 2 fully saturated rings. The number of allylic oxidation sites excluding steroid dienone is 15. The molecular formula is C76H133NO13. The highest BCUT2D eigenvalue weighted by Gasteiger charge is 2.51. The van der Waals surface area contributed by atoms with Crippen LogP contribution in [0.5, 0.6) is 0 Å². The van der Waals surface area contributed by atoms with Crippen LogP contribution in [0.25, 0.3) is 0 Å². The van der Waals surface area contributed by atoms with Gasteiger partial charge in [-0.05, 0) is 89.9 Å². The number of aliphatic hydroxyl groups excluding tert-OH is 8. The number of hydrogen-bond donors (Lipinski definition) is 9. The first kappa shape index (κ1) is 83.0. The number of ether oxygens (including phenoxy) is 4. The minimum atomic E-state index is -1.80. The zero-order valence-corrected chi connectivity index (χ0v) is 56.6. The van der Waals surface area contributed by atoms with Crippen molar-refractivity contribution in [2.45, 2.75) is 357 Å². The summed E-state index contributed by atoms with van der Waals surface area (Å²) in [5, 5.41) is 87.5. The molecule has 0 aromatic rings. The van der Waals surface area contributed by atoms with E-state index >= 15 is 0 Å². The van der Waals surface area contributed by atoms with E-state index in [4.69, 9.17) is 18.9 Å². The van der Waals surface area contributed by atoms with Crippen LogP contribution in [0.2, 0.25) is 0 Å². The summed E-state index contributed by atoms with van der Waals surface area (Å²) in [6.45, 7) is 2.68. The summed E-state index contributed by atoms with van der Waals surface area (Å²) >= 11 is 0. The predicted molar refractivity (Wildman–Crippen MR) is 369 cm³/mol. The smallest absolute Gasteiger partial charge is 0.220 e. The molecule has 2 saturated heterocycles. The molecule has 520 valence electrons. The Morgan fingerprint density at radius 1 is 0.411 bits per heavy atom. The van der Waals surface area contributed by atoms with Gasteiger partial charge in [0.25, 0.3) is 0 Å². The third-order valence-electron chi connectivity index (χ3n) is 17.2. The number of amides is 1. The largest absolute Gasteiger partial charge is 0.394 e. The van der Waals surface area contributed by atoms with Gasteiger partial charge in [-0.15, -0.1) is 0 Å². The summed E-state index contributed by atoms with van der Waals surface area (Å²) in [6.07, 6.45) is 67.5. The van der Waals surface area contributed by atoms with Gasteiger partial charge in [0.1, 0.15) is 48.8 Å². The highest BCUT2D eigenvalue weighted by Crippen LogP contribution is 2.30. The average Bonchev–Trinajstić information content (AvgIpc) is 1.41. The summed E-state index contributed by atoms with van der Waals surface area (Å²) < 4.78 is 22.8. The maximum atomic E-state index is 13.3. The molecular weight excluding hydrogens is 1130 g/mol. The zero-order chi connectivity index (χ0) is 65.2. The van der Waals surface area contributed by atoms with E-state index in [2.05, 4.69) is 104 Å². The fourth-order valence-corrected chi connectivity index (χ4v) is 11.5. The van der Waals surface area contributed by atoms with Gasteiger partial charge >= 0.3 is 0 Å². The van der Waals surface area contributed by atoms with Crippen molar-refractivity contribution in [3.8, 4) is 0 Å². The maximum absolute atomic E-state index is 13.3. The minimum Gasteiger partial charge on any atom is -0.394 e. The molecule has 0 aliphatic carbocycles. The molecule has 0 bridgehead atoms. The van der Waals surface area contributed by atoms with Crippen LogP contribution in [0.1, 0.15) is 284 Å². The summed E-state index contributed by atoms with van der Waals surface area (Å²) in [5.41, 5.74) is 0. The Labute approximate surface area is 547 Å². The third-order valence-corrected chi connectivity index (χ3v) is 17.2. The van der Waals surface area contributed by atoms with Gasteiger partial charge in [-0.1, -0.05) is 284 Å². The first-order chi connectivity index (χ1) is 44.1. The molecule has 2 aliphatic rings. The molecule has 12 unspecified atom stereocenters. The molecule has 2 heterocycles. The van der Waals surface area contributed by atoms with Crippen LogP contribution in [0, 0.1) is 0 Å². The van der Waals surface area contributed by atoms with E-state index in [1.807, 2.05) is 6.08 Å².